The average molecular weight is 398 g/mol. The Labute approximate surface area is 172 Å². The first kappa shape index (κ1) is 19.8. The van der Waals surface area contributed by atoms with Gasteiger partial charge in [0.2, 0.25) is 11.9 Å². The number of nitrogens with zero attached hydrogens (tertiary/aromatic N) is 6. The van der Waals surface area contributed by atoms with E-state index in [4.69, 9.17) is 5.73 Å². The fourth-order valence-electron chi connectivity index (χ4n) is 4.74. The summed E-state index contributed by atoms with van der Waals surface area (Å²) >= 11 is 0. The second-order valence-electron chi connectivity index (χ2n) is 8.97. The lowest BCUT2D eigenvalue weighted by molar-refractivity contribution is -0.131. The summed E-state index contributed by atoms with van der Waals surface area (Å²) in [5.41, 5.74) is 8.65. The van der Waals surface area contributed by atoms with Crippen molar-refractivity contribution in [1.82, 2.24) is 30.0 Å². The second-order valence-corrected chi connectivity index (χ2v) is 8.97. The van der Waals surface area contributed by atoms with Gasteiger partial charge in [0.25, 0.3) is 0 Å². The zero-order valence-electron chi connectivity index (χ0n) is 17.4. The van der Waals surface area contributed by atoms with Gasteiger partial charge in [0.05, 0.1) is 0 Å². The number of carbonyl (C=O) groups excluding carboxylic acids is 1. The zero-order valence-corrected chi connectivity index (χ0v) is 17.4. The highest BCUT2D eigenvalue weighted by atomic mass is 16.2. The number of hydrogen-bond acceptors (Lipinski definition) is 6. The van der Waals surface area contributed by atoms with Gasteiger partial charge in [0.1, 0.15) is 6.54 Å². The zero-order chi connectivity index (χ0) is 20.4. The molecule has 1 aromatic heterocycles. The Morgan fingerprint density at radius 3 is 2.66 bits per heavy atom. The number of hydrogen-bond donors (Lipinski definition) is 1. The molecular weight excluding hydrogens is 366 g/mol. The van der Waals surface area contributed by atoms with Crippen LogP contribution in [0, 0.1) is 5.41 Å². The average Bonchev–Trinajstić information content (AvgIpc) is 3.29. The van der Waals surface area contributed by atoms with Crippen molar-refractivity contribution >= 4 is 11.9 Å². The maximum absolute atomic E-state index is 12.7. The maximum Gasteiger partial charge on any atom is 0.244 e. The number of piperidine rings is 1. The van der Waals surface area contributed by atoms with Gasteiger partial charge in [-0.05, 0) is 53.3 Å². The van der Waals surface area contributed by atoms with Gasteiger partial charge in [-0.15, -0.1) is 0 Å². The van der Waals surface area contributed by atoms with Crippen molar-refractivity contribution in [2.24, 2.45) is 5.41 Å². The van der Waals surface area contributed by atoms with Gasteiger partial charge in [0, 0.05) is 31.6 Å². The molecule has 1 amide bonds. The number of rotatable bonds is 5. The van der Waals surface area contributed by atoms with Crippen LogP contribution in [0.25, 0.3) is 0 Å². The molecule has 2 N–H and O–H groups in total. The number of nitrogens with two attached hydrogens (primary N) is 1. The topological polar surface area (TPSA) is 93.2 Å². The summed E-state index contributed by atoms with van der Waals surface area (Å²) < 4.78 is 1.36. The molecule has 0 aliphatic carbocycles. The Morgan fingerprint density at radius 2 is 1.97 bits per heavy atom. The molecule has 0 saturated carbocycles. The Morgan fingerprint density at radius 1 is 1.17 bits per heavy atom. The number of carbonyl (C=O) groups is 1. The first-order valence-electron chi connectivity index (χ1n) is 10.5. The maximum atomic E-state index is 12.7. The highest BCUT2D eigenvalue weighted by Gasteiger charge is 2.42. The minimum Gasteiger partial charge on any atom is -0.367 e. The highest BCUT2D eigenvalue weighted by molar-refractivity contribution is 5.76. The van der Waals surface area contributed by atoms with Crippen LogP contribution in [0.15, 0.2) is 24.3 Å². The Hall–Kier alpha value is -2.48. The largest absolute Gasteiger partial charge is 0.367 e. The molecule has 2 aromatic rings. The number of aromatic nitrogens is 4. The molecule has 8 nitrogen and oxygen atoms in total. The van der Waals surface area contributed by atoms with E-state index in [0.717, 1.165) is 39.1 Å². The number of nitrogen functional groups attached to an aromatic ring is 1. The summed E-state index contributed by atoms with van der Waals surface area (Å²) in [5, 5.41) is 10.9. The van der Waals surface area contributed by atoms with Crippen LogP contribution in [0.1, 0.15) is 50.2 Å². The number of likely N-dealkylation sites (tertiary alicyclic amines) is 2. The van der Waals surface area contributed by atoms with Crippen LogP contribution < -0.4 is 5.73 Å². The molecule has 1 spiro atoms. The molecule has 29 heavy (non-hydrogen) atoms. The van der Waals surface area contributed by atoms with Crippen molar-refractivity contribution in [3.8, 4) is 0 Å². The SMILES string of the molecule is CC(C)c1ccc(CN2CCCC3(CCN(C(=O)Cn4nnnc4N)C3)C2)cc1. The normalized spacial score (nSPS) is 22.7. The molecule has 3 heterocycles. The van der Waals surface area contributed by atoms with E-state index in [1.54, 1.807) is 0 Å². The predicted molar refractivity (Wildman–Crippen MR) is 111 cm³/mol. The van der Waals surface area contributed by atoms with Crippen molar-refractivity contribution in [2.75, 3.05) is 31.9 Å². The third kappa shape index (κ3) is 4.42. The van der Waals surface area contributed by atoms with Crippen LogP contribution in [0.5, 0.6) is 0 Å². The monoisotopic (exact) mass is 397 g/mol. The van der Waals surface area contributed by atoms with Gasteiger partial charge in [-0.3, -0.25) is 9.69 Å². The van der Waals surface area contributed by atoms with Crippen molar-refractivity contribution in [1.29, 1.82) is 0 Å². The third-order valence-corrected chi connectivity index (χ3v) is 6.43. The molecule has 2 saturated heterocycles. The van der Waals surface area contributed by atoms with Crippen molar-refractivity contribution in [3.05, 3.63) is 35.4 Å². The molecule has 8 heteroatoms. The van der Waals surface area contributed by atoms with Gasteiger partial charge < -0.3 is 10.6 Å². The molecule has 2 fully saturated rings. The minimum absolute atomic E-state index is 0.0438. The summed E-state index contributed by atoms with van der Waals surface area (Å²) in [6.07, 6.45) is 3.44. The van der Waals surface area contributed by atoms with Gasteiger partial charge in [-0.2, -0.15) is 0 Å². The lowest BCUT2D eigenvalue weighted by Gasteiger charge is -2.40. The van der Waals surface area contributed by atoms with Crippen molar-refractivity contribution in [3.63, 3.8) is 0 Å². The number of anilines is 1. The van der Waals surface area contributed by atoms with Crippen LogP contribution in [-0.2, 0) is 17.9 Å². The Bertz CT molecular complexity index is 847. The lowest BCUT2D eigenvalue weighted by atomic mass is 9.79. The lowest BCUT2D eigenvalue weighted by Crippen LogP contribution is -2.45. The van der Waals surface area contributed by atoms with E-state index < -0.39 is 0 Å². The van der Waals surface area contributed by atoms with E-state index in [-0.39, 0.29) is 23.8 Å². The van der Waals surface area contributed by atoms with E-state index in [9.17, 15) is 4.79 Å². The summed E-state index contributed by atoms with van der Waals surface area (Å²) in [5.74, 6) is 0.787. The molecule has 4 rings (SSSR count). The molecule has 156 valence electrons. The van der Waals surface area contributed by atoms with Crippen LogP contribution in [0.3, 0.4) is 0 Å². The number of benzene rings is 1. The molecule has 1 unspecified atom stereocenters. The standard InChI is InChI=1S/C21H31N7O/c1-16(2)18-6-4-17(5-7-18)12-26-10-3-8-21(14-26)9-11-27(15-21)19(29)13-28-20(22)23-24-25-28/h4-7,16H,3,8-15H2,1-2H3,(H2,22,23,25). The van der Waals surface area contributed by atoms with Gasteiger partial charge in [-0.1, -0.05) is 43.2 Å². The molecule has 2 aliphatic rings. The van der Waals surface area contributed by atoms with E-state index in [1.807, 2.05) is 4.90 Å². The fourth-order valence-corrected chi connectivity index (χ4v) is 4.74. The van der Waals surface area contributed by atoms with Gasteiger partial charge in [0.15, 0.2) is 0 Å². The fraction of sp³-hybridized carbons (Fsp3) is 0.619. The van der Waals surface area contributed by atoms with Crippen molar-refractivity contribution in [2.45, 2.75) is 52.1 Å². The Balaban J connectivity index is 1.35. The molecule has 0 radical (unpaired) electrons. The van der Waals surface area contributed by atoms with Crippen LogP contribution in [0.4, 0.5) is 5.95 Å². The first-order valence-corrected chi connectivity index (χ1v) is 10.5. The van der Waals surface area contributed by atoms with Crippen LogP contribution >= 0.6 is 0 Å². The molecule has 1 atom stereocenters. The van der Waals surface area contributed by atoms with E-state index in [2.05, 4.69) is 58.5 Å². The molecule has 1 aromatic carbocycles. The molecular formula is C21H31N7O. The predicted octanol–water partition coefficient (Wildman–Crippen LogP) is 1.89. The number of amides is 1. The quantitative estimate of drug-likeness (QED) is 0.828. The van der Waals surface area contributed by atoms with Crippen molar-refractivity contribution < 1.29 is 4.79 Å². The Kier molecular flexibility index (Phi) is 5.54. The van der Waals surface area contributed by atoms with Gasteiger partial charge in [-0.25, -0.2) is 4.68 Å². The van der Waals surface area contributed by atoms with E-state index in [0.29, 0.717) is 5.92 Å². The molecule has 0 bridgehead atoms. The summed E-state index contributed by atoms with van der Waals surface area (Å²) in [7, 11) is 0. The molecule has 2 aliphatic heterocycles. The van der Waals surface area contributed by atoms with E-state index in [1.165, 1.54) is 28.7 Å². The minimum atomic E-state index is 0.0438. The first-order chi connectivity index (χ1) is 13.9. The highest BCUT2D eigenvalue weighted by Crippen LogP contribution is 2.39. The van der Waals surface area contributed by atoms with Crippen LogP contribution in [0.2, 0.25) is 0 Å². The van der Waals surface area contributed by atoms with Crippen LogP contribution in [-0.4, -0.2) is 62.1 Å². The summed E-state index contributed by atoms with van der Waals surface area (Å²) in [6, 6.07) is 9.02. The second kappa shape index (κ2) is 8.10. The smallest absolute Gasteiger partial charge is 0.244 e. The van der Waals surface area contributed by atoms with Gasteiger partial charge >= 0.3 is 0 Å². The summed E-state index contributed by atoms with van der Waals surface area (Å²) in [4.78, 5) is 17.2. The number of tetrazole rings is 1. The summed E-state index contributed by atoms with van der Waals surface area (Å²) in [6.45, 7) is 9.34. The third-order valence-electron chi connectivity index (χ3n) is 6.43. The van der Waals surface area contributed by atoms with E-state index >= 15 is 0 Å².